The first-order valence-corrected chi connectivity index (χ1v) is 8.06. The third kappa shape index (κ3) is 3.05. The number of nitrogens with one attached hydrogen (secondary N) is 2. The molecule has 0 saturated carbocycles. The predicted molar refractivity (Wildman–Crippen MR) is 98.0 cm³/mol. The summed E-state index contributed by atoms with van der Waals surface area (Å²) in [4.78, 5) is 28.1. The summed E-state index contributed by atoms with van der Waals surface area (Å²) in [5.74, 6) is 0.112. The molecule has 1 amide bonds. The van der Waals surface area contributed by atoms with Crippen LogP contribution in [-0.4, -0.2) is 18.0 Å². The molecule has 0 aliphatic rings. The molecule has 1 aromatic heterocycles. The molecular formula is C18H15BrN2O3. The molecule has 24 heavy (non-hydrogen) atoms. The Morgan fingerprint density at radius 1 is 1.21 bits per heavy atom. The van der Waals surface area contributed by atoms with Crippen LogP contribution >= 0.6 is 15.9 Å². The summed E-state index contributed by atoms with van der Waals surface area (Å²) in [5, 5.41) is 3.19. The van der Waals surface area contributed by atoms with Gasteiger partial charge >= 0.3 is 0 Å². The van der Waals surface area contributed by atoms with Crippen molar-refractivity contribution in [2.75, 3.05) is 12.4 Å². The van der Waals surface area contributed by atoms with Crippen molar-refractivity contribution in [1.29, 1.82) is 0 Å². The van der Waals surface area contributed by atoms with Crippen molar-refractivity contribution in [2.24, 2.45) is 0 Å². The smallest absolute Gasteiger partial charge is 0.261 e. The molecule has 0 radical (unpaired) electrons. The van der Waals surface area contributed by atoms with E-state index in [0.717, 1.165) is 10.0 Å². The highest BCUT2D eigenvalue weighted by Gasteiger charge is 2.14. The molecule has 0 bridgehead atoms. The van der Waals surface area contributed by atoms with Crippen LogP contribution in [0, 0.1) is 6.92 Å². The Bertz CT molecular complexity index is 995. The van der Waals surface area contributed by atoms with Crippen LogP contribution in [0.5, 0.6) is 5.75 Å². The average molecular weight is 387 g/mol. The van der Waals surface area contributed by atoms with E-state index in [1.165, 1.54) is 13.3 Å². The number of amides is 1. The third-order valence-corrected chi connectivity index (χ3v) is 4.26. The molecule has 2 N–H and O–H groups in total. The first kappa shape index (κ1) is 16.3. The number of H-pyrrole nitrogens is 1. The summed E-state index contributed by atoms with van der Waals surface area (Å²) in [6.07, 6.45) is 1.43. The second kappa shape index (κ2) is 6.49. The first-order chi connectivity index (χ1) is 11.5. The topological polar surface area (TPSA) is 71.2 Å². The van der Waals surface area contributed by atoms with Crippen molar-refractivity contribution < 1.29 is 9.53 Å². The SMILES string of the molecule is COc1ccc2[nH]cc(C(=O)Nc3ccc(Br)cc3C)c(=O)c2c1. The summed E-state index contributed by atoms with van der Waals surface area (Å²) >= 11 is 3.38. The van der Waals surface area contributed by atoms with E-state index in [4.69, 9.17) is 4.74 Å². The lowest BCUT2D eigenvalue weighted by Crippen LogP contribution is -2.22. The molecule has 3 aromatic rings. The number of carbonyl (C=O) groups is 1. The standard InChI is InChI=1S/C18H15BrN2O3/c1-10-7-11(19)3-5-15(10)21-18(23)14-9-20-16-6-4-12(24-2)8-13(16)17(14)22/h3-9H,1-2H3,(H,20,22)(H,21,23). The lowest BCUT2D eigenvalue weighted by Gasteiger charge is -2.09. The predicted octanol–water partition coefficient (Wildman–Crippen LogP) is 3.86. The van der Waals surface area contributed by atoms with Crippen molar-refractivity contribution in [3.05, 3.63) is 68.4 Å². The monoisotopic (exact) mass is 386 g/mol. The van der Waals surface area contributed by atoms with Gasteiger partial charge in [0.2, 0.25) is 5.43 Å². The van der Waals surface area contributed by atoms with Crippen molar-refractivity contribution in [1.82, 2.24) is 4.98 Å². The van der Waals surface area contributed by atoms with Gasteiger partial charge in [-0.2, -0.15) is 0 Å². The number of rotatable bonds is 3. The van der Waals surface area contributed by atoms with Crippen molar-refractivity contribution in [3.8, 4) is 5.75 Å². The molecule has 0 unspecified atom stereocenters. The van der Waals surface area contributed by atoms with Gasteiger partial charge in [-0.15, -0.1) is 0 Å². The van der Waals surface area contributed by atoms with Gasteiger partial charge in [0.15, 0.2) is 0 Å². The summed E-state index contributed by atoms with van der Waals surface area (Å²) in [7, 11) is 1.53. The van der Waals surface area contributed by atoms with E-state index in [1.807, 2.05) is 19.1 Å². The molecule has 0 saturated heterocycles. The van der Waals surface area contributed by atoms with Gasteiger partial charge in [0, 0.05) is 27.3 Å². The number of halogens is 1. The second-order valence-corrected chi connectivity index (χ2v) is 6.27. The van der Waals surface area contributed by atoms with Crippen LogP contribution in [0.25, 0.3) is 10.9 Å². The van der Waals surface area contributed by atoms with Crippen LogP contribution < -0.4 is 15.5 Å². The Labute approximate surface area is 146 Å². The largest absolute Gasteiger partial charge is 0.497 e. The molecule has 0 aliphatic heterocycles. The minimum Gasteiger partial charge on any atom is -0.497 e. The zero-order valence-corrected chi connectivity index (χ0v) is 14.7. The number of methoxy groups -OCH3 is 1. The van der Waals surface area contributed by atoms with Gasteiger partial charge in [-0.25, -0.2) is 0 Å². The number of aryl methyl sites for hydroxylation is 1. The summed E-state index contributed by atoms with van der Waals surface area (Å²) in [6, 6.07) is 10.6. The lowest BCUT2D eigenvalue weighted by atomic mass is 10.1. The van der Waals surface area contributed by atoms with E-state index >= 15 is 0 Å². The fourth-order valence-corrected chi connectivity index (χ4v) is 2.93. The number of ether oxygens (including phenoxy) is 1. The Balaban J connectivity index is 2.00. The van der Waals surface area contributed by atoms with Gasteiger partial charge < -0.3 is 15.0 Å². The number of fused-ring (bicyclic) bond motifs is 1. The normalized spacial score (nSPS) is 10.6. The van der Waals surface area contributed by atoms with Gasteiger partial charge in [0.05, 0.1) is 7.11 Å². The van der Waals surface area contributed by atoms with Crippen LogP contribution in [0.1, 0.15) is 15.9 Å². The molecule has 3 rings (SSSR count). The van der Waals surface area contributed by atoms with Crippen LogP contribution in [-0.2, 0) is 0 Å². The van der Waals surface area contributed by atoms with Crippen LogP contribution in [0.3, 0.4) is 0 Å². The number of carbonyl (C=O) groups excluding carboxylic acids is 1. The van der Waals surface area contributed by atoms with Crippen LogP contribution in [0.4, 0.5) is 5.69 Å². The van der Waals surface area contributed by atoms with Crippen LogP contribution in [0.15, 0.2) is 51.9 Å². The van der Waals surface area contributed by atoms with Gasteiger partial charge in [0.1, 0.15) is 11.3 Å². The second-order valence-electron chi connectivity index (χ2n) is 5.36. The van der Waals surface area contributed by atoms with E-state index < -0.39 is 5.91 Å². The van der Waals surface area contributed by atoms with Gasteiger partial charge in [-0.3, -0.25) is 9.59 Å². The molecular weight excluding hydrogens is 372 g/mol. The first-order valence-electron chi connectivity index (χ1n) is 7.26. The zero-order chi connectivity index (χ0) is 17.3. The Morgan fingerprint density at radius 2 is 2.00 bits per heavy atom. The number of anilines is 1. The molecule has 0 atom stereocenters. The molecule has 1 heterocycles. The number of hydrogen-bond acceptors (Lipinski definition) is 3. The number of benzene rings is 2. The minimum atomic E-state index is -0.452. The fourth-order valence-electron chi connectivity index (χ4n) is 2.45. The van der Waals surface area contributed by atoms with Crippen molar-refractivity contribution >= 4 is 38.4 Å². The van der Waals surface area contributed by atoms with Gasteiger partial charge in [0.25, 0.3) is 5.91 Å². The third-order valence-electron chi connectivity index (χ3n) is 3.77. The molecule has 2 aromatic carbocycles. The minimum absolute atomic E-state index is 0.0538. The summed E-state index contributed by atoms with van der Waals surface area (Å²) in [5.41, 5.74) is 1.93. The van der Waals surface area contributed by atoms with Crippen molar-refractivity contribution in [2.45, 2.75) is 6.92 Å². The molecule has 5 nitrogen and oxygen atoms in total. The van der Waals surface area contributed by atoms with Gasteiger partial charge in [-0.1, -0.05) is 15.9 Å². The molecule has 0 fully saturated rings. The molecule has 0 spiro atoms. The Hall–Kier alpha value is -2.60. The highest BCUT2D eigenvalue weighted by atomic mass is 79.9. The number of aromatic nitrogens is 1. The van der Waals surface area contributed by atoms with Crippen LogP contribution in [0.2, 0.25) is 0 Å². The highest BCUT2D eigenvalue weighted by Crippen LogP contribution is 2.21. The quantitative estimate of drug-likeness (QED) is 0.717. The maximum atomic E-state index is 12.6. The number of pyridine rings is 1. The maximum absolute atomic E-state index is 12.6. The zero-order valence-electron chi connectivity index (χ0n) is 13.1. The highest BCUT2D eigenvalue weighted by molar-refractivity contribution is 9.10. The summed E-state index contributed by atoms with van der Waals surface area (Å²) in [6.45, 7) is 1.88. The van der Waals surface area contributed by atoms with Gasteiger partial charge in [-0.05, 0) is 48.9 Å². The number of hydrogen-bond donors (Lipinski definition) is 2. The Morgan fingerprint density at radius 3 is 2.71 bits per heavy atom. The fraction of sp³-hybridized carbons (Fsp3) is 0.111. The van der Waals surface area contributed by atoms with E-state index in [0.29, 0.717) is 22.3 Å². The Kier molecular flexibility index (Phi) is 4.40. The average Bonchev–Trinajstić information content (AvgIpc) is 2.57. The molecule has 0 aliphatic carbocycles. The van der Waals surface area contributed by atoms with E-state index in [-0.39, 0.29) is 11.0 Å². The lowest BCUT2D eigenvalue weighted by molar-refractivity contribution is 0.102. The van der Waals surface area contributed by atoms with Crippen molar-refractivity contribution in [3.63, 3.8) is 0 Å². The number of aromatic amines is 1. The molecule has 6 heteroatoms. The van der Waals surface area contributed by atoms with E-state index in [1.54, 1.807) is 24.3 Å². The molecule has 122 valence electrons. The van der Waals surface area contributed by atoms with E-state index in [2.05, 4.69) is 26.2 Å². The summed E-state index contributed by atoms with van der Waals surface area (Å²) < 4.78 is 6.07. The maximum Gasteiger partial charge on any atom is 0.261 e. The van der Waals surface area contributed by atoms with E-state index in [9.17, 15) is 9.59 Å².